The number of nitrogens with zero attached hydrogens (tertiary/aromatic N) is 1. The molecular formula is C19H33NO. The van der Waals surface area contributed by atoms with Gasteiger partial charge in [0.15, 0.2) is 0 Å². The molecule has 1 rings (SSSR count). The van der Waals surface area contributed by atoms with Gasteiger partial charge in [0.25, 0.3) is 0 Å². The maximum absolute atomic E-state index is 4.84. The van der Waals surface area contributed by atoms with Crippen LogP contribution in [0.15, 0.2) is 53.1 Å². The van der Waals surface area contributed by atoms with Gasteiger partial charge in [0.05, 0.1) is 11.8 Å². The average molecular weight is 291 g/mol. The standard InChI is InChI=1S/C17H25N.C2H6.H2O/c1-7-8-15-9-10-16(13(4)5)11-17(15)18-14(6)12(2)3;1-2;/h7-14H,1H2,2-6H3;1-2H3;1H2/b15-8-,18-17?;;. The molecule has 0 aliphatic heterocycles. The molecule has 0 saturated carbocycles. The van der Waals surface area contributed by atoms with E-state index in [0.717, 1.165) is 11.3 Å². The van der Waals surface area contributed by atoms with Crippen molar-refractivity contribution in [2.75, 3.05) is 0 Å². The molecule has 120 valence electrons. The summed E-state index contributed by atoms with van der Waals surface area (Å²) in [6.07, 6.45) is 10.4. The summed E-state index contributed by atoms with van der Waals surface area (Å²) >= 11 is 0. The van der Waals surface area contributed by atoms with Crippen LogP contribution in [0, 0.1) is 11.8 Å². The lowest BCUT2D eigenvalue weighted by Crippen LogP contribution is -2.14. The van der Waals surface area contributed by atoms with Crippen LogP contribution in [0.4, 0.5) is 0 Å². The Morgan fingerprint density at radius 2 is 1.62 bits per heavy atom. The van der Waals surface area contributed by atoms with E-state index in [1.54, 1.807) is 0 Å². The van der Waals surface area contributed by atoms with Crippen LogP contribution in [0.2, 0.25) is 0 Å². The van der Waals surface area contributed by atoms with Crippen molar-refractivity contribution >= 4 is 5.71 Å². The smallest absolute Gasteiger partial charge is 0.0652 e. The van der Waals surface area contributed by atoms with Crippen molar-refractivity contribution in [3.63, 3.8) is 0 Å². The summed E-state index contributed by atoms with van der Waals surface area (Å²) in [6.45, 7) is 18.8. The zero-order valence-corrected chi connectivity index (χ0v) is 14.8. The minimum absolute atomic E-state index is 0. The molecule has 0 fully saturated rings. The molecule has 1 aliphatic carbocycles. The van der Waals surface area contributed by atoms with E-state index in [-0.39, 0.29) is 5.48 Å². The molecule has 0 heterocycles. The van der Waals surface area contributed by atoms with Crippen LogP contribution >= 0.6 is 0 Å². The zero-order chi connectivity index (χ0) is 15.7. The van der Waals surface area contributed by atoms with Gasteiger partial charge in [-0.1, -0.05) is 72.4 Å². The molecule has 2 heteroatoms. The minimum Gasteiger partial charge on any atom is -0.412 e. The van der Waals surface area contributed by atoms with Crippen LogP contribution in [-0.2, 0) is 0 Å². The highest BCUT2D eigenvalue weighted by atomic mass is 16.0. The van der Waals surface area contributed by atoms with Gasteiger partial charge in [0, 0.05) is 0 Å². The van der Waals surface area contributed by atoms with E-state index in [1.165, 1.54) is 5.57 Å². The monoisotopic (exact) mass is 291 g/mol. The van der Waals surface area contributed by atoms with Crippen LogP contribution in [0.3, 0.4) is 0 Å². The van der Waals surface area contributed by atoms with E-state index in [1.807, 2.05) is 26.0 Å². The predicted octanol–water partition coefficient (Wildman–Crippen LogP) is 4.94. The van der Waals surface area contributed by atoms with Crippen molar-refractivity contribution in [2.45, 2.75) is 54.5 Å². The topological polar surface area (TPSA) is 43.9 Å². The summed E-state index contributed by atoms with van der Waals surface area (Å²) in [5.74, 6) is 1.09. The molecule has 0 spiro atoms. The fourth-order valence-corrected chi connectivity index (χ4v) is 1.67. The first-order valence-corrected chi connectivity index (χ1v) is 7.76. The molecule has 0 radical (unpaired) electrons. The average Bonchev–Trinajstić information content (AvgIpc) is 2.42. The molecule has 0 bridgehead atoms. The van der Waals surface area contributed by atoms with E-state index in [2.05, 4.69) is 59.4 Å². The number of hydrogen-bond acceptors (Lipinski definition) is 1. The summed E-state index contributed by atoms with van der Waals surface area (Å²) in [6, 6.07) is 0.337. The molecule has 1 unspecified atom stereocenters. The molecule has 0 saturated heterocycles. The van der Waals surface area contributed by atoms with Crippen LogP contribution in [0.1, 0.15) is 48.5 Å². The Balaban J connectivity index is 0. The second kappa shape index (κ2) is 11.3. The molecule has 0 aromatic rings. The normalized spacial score (nSPS) is 19.0. The summed E-state index contributed by atoms with van der Waals surface area (Å²) in [4.78, 5) is 4.84. The highest BCUT2D eigenvalue weighted by Crippen LogP contribution is 2.21. The highest BCUT2D eigenvalue weighted by molar-refractivity contribution is 6.12. The van der Waals surface area contributed by atoms with Gasteiger partial charge in [-0.15, -0.1) is 0 Å². The molecule has 2 nitrogen and oxygen atoms in total. The Hall–Kier alpha value is -1.41. The van der Waals surface area contributed by atoms with E-state index in [9.17, 15) is 0 Å². The maximum atomic E-state index is 4.84. The molecule has 2 N–H and O–H groups in total. The van der Waals surface area contributed by atoms with Gasteiger partial charge in [0.1, 0.15) is 0 Å². The fourth-order valence-electron chi connectivity index (χ4n) is 1.67. The van der Waals surface area contributed by atoms with E-state index >= 15 is 0 Å². The van der Waals surface area contributed by atoms with Crippen LogP contribution < -0.4 is 0 Å². The first-order chi connectivity index (χ1) is 9.45. The maximum Gasteiger partial charge on any atom is 0.0652 e. The molecular weight excluding hydrogens is 258 g/mol. The zero-order valence-electron chi connectivity index (χ0n) is 14.8. The molecule has 0 aromatic heterocycles. The second-order valence-electron chi connectivity index (χ2n) is 5.49. The first-order valence-electron chi connectivity index (χ1n) is 7.76. The largest absolute Gasteiger partial charge is 0.412 e. The summed E-state index contributed by atoms with van der Waals surface area (Å²) < 4.78 is 0. The van der Waals surface area contributed by atoms with E-state index in [4.69, 9.17) is 4.99 Å². The van der Waals surface area contributed by atoms with Crippen molar-refractivity contribution in [2.24, 2.45) is 16.8 Å². The van der Waals surface area contributed by atoms with Crippen molar-refractivity contribution in [1.82, 2.24) is 0 Å². The quantitative estimate of drug-likeness (QED) is 0.704. The lowest BCUT2D eigenvalue weighted by Gasteiger charge is -2.17. The fraction of sp³-hybridized carbons (Fsp3) is 0.526. The van der Waals surface area contributed by atoms with Crippen molar-refractivity contribution in [1.29, 1.82) is 0 Å². The molecule has 1 atom stereocenters. The first kappa shape index (κ1) is 21.9. The van der Waals surface area contributed by atoms with Gasteiger partial charge in [-0.05, 0) is 36.0 Å². The summed E-state index contributed by atoms with van der Waals surface area (Å²) in [5.41, 5.74) is 3.58. The number of allylic oxidation sites excluding steroid dienone is 7. The Bertz CT molecular complexity index is 423. The van der Waals surface area contributed by atoms with Gasteiger partial charge >= 0.3 is 0 Å². The van der Waals surface area contributed by atoms with Crippen LogP contribution in [0.25, 0.3) is 0 Å². The third kappa shape index (κ3) is 7.24. The SMILES string of the molecule is C=C/C=C1/C=CC(C(C)C)=CC1=NC(C)C(C)C.CC.O. The van der Waals surface area contributed by atoms with Crippen molar-refractivity contribution < 1.29 is 5.48 Å². The number of aliphatic imine (C=N–C) groups is 1. The van der Waals surface area contributed by atoms with Crippen molar-refractivity contribution in [3.8, 4) is 0 Å². The lowest BCUT2D eigenvalue weighted by atomic mass is 9.92. The summed E-state index contributed by atoms with van der Waals surface area (Å²) in [7, 11) is 0. The van der Waals surface area contributed by atoms with Gasteiger partial charge in [0.2, 0.25) is 0 Å². The van der Waals surface area contributed by atoms with Gasteiger partial charge in [-0.2, -0.15) is 0 Å². The minimum atomic E-state index is 0. The number of hydrogen-bond donors (Lipinski definition) is 0. The second-order valence-corrected chi connectivity index (χ2v) is 5.49. The Morgan fingerprint density at radius 3 is 2.05 bits per heavy atom. The van der Waals surface area contributed by atoms with Gasteiger partial charge in [-0.3, -0.25) is 4.99 Å². The third-order valence-electron chi connectivity index (χ3n) is 3.33. The van der Waals surface area contributed by atoms with Gasteiger partial charge < -0.3 is 5.48 Å². The molecule has 0 amide bonds. The Morgan fingerprint density at radius 1 is 1.05 bits per heavy atom. The molecule has 1 aliphatic rings. The summed E-state index contributed by atoms with van der Waals surface area (Å²) in [5, 5.41) is 0. The van der Waals surface area contributed by atoms with Crippen LogP contribution in [0.5, 0.6) is 0 Å². The Labute approximate surface area is 131 Å². The molecule has 21 heavy (non-hydrogen) atoms. The van der Waals surface area contributed by atoms with Crippen LogP contribution in [-0.4, -0.2) is 17.2 Å². The van der Waals surface area contributed by atoms with E-state index in [0.29, 0.717) is 17.9 Å². The van der Waals surface area contributed by atoms with E-state index < -0.39 is 0 Å². The van der Waals surface area contributed by atoms with Gasteiger partial charge in [-0.25, -0.2) is 0 Å². The number of rotatable bonds is 4. The molecule has 0 aromatic carbocycles. The highest BCUT2D eigenvalue weighted by Gasteiger charge is 2.13. The predicted molar refractivity (Wildman–Crippen MR) is 97.0 cm³/mol. The lowest BCUT2D eigenvalue weighted by molar-refractivity contribution is 0.532. The third-order valence-corrected chi connectivity index (χ3v) is 3.33. The van der Waals surface area contributed by atoms with Crippen molar-refractivity contribution in [3.05, 3.63) is 48.1 Å². The Kier molecular flexibility index (Phi) is 11.7.